The van der Waals surface area contributed by atoms with E-state index in [1.807, 2.05) is 5.48 Å². The molecular formula is C14H10ClF3N2O. The van der Waals surface area contributed by atoms with E-state index in [1.54, 1.807) is 24.3 Å². The highest BCUT2D eigenvalue weighted by Crippen LogP contribution is 2.31. The fourth-order valence-electron chi connectivity index (χ4n) is 1.64. The summed E-state index contributed by atoms with van der Waals surface area (Å²) in [5.74, 6) is 0.0194. The van der Waals surface area contributed by atoms with Gasteiger partial charge in [0.2, 0.25) is 0 Å². The molecule has 21 heavy (non-hydrogen) atoms. The second-order valence-corrected chi connectivity index (χ2v) is 4.56. The molecule has 0 bridgehead atoms. The average molecular weight is 315 g/mol. The standard InChI is InChI=1S/C14H10ClF3N2O/c15-11-6-4-9(5-7-11)13(20-21)19-12-3-1-2-10(8-12)14(16,17)18/h1-8,21H,(H,19,20). The van der Waals surface area contributed by atoms with E-state index < -0.39 is 11.7 Å². The molecule has 0 fully saturated rings. The van der Waals surface area contributed by atoms with Crippen LogP contribution in [0.2, 0.25) is 5.02 Å². The summed E-state index contributed by atoms with van der Waals surface area (Å²) in [6, 6.07) is 10.8. The first-order chi connectivity index (χ1) is 9.90. The van der Waals surface area contributed by atoms with E-state index in [2.05, 4.69) is 4.99 Å². The lowest BCUT2D eigenvalue weighted by Crippen LogP contribution is -2.19. The summed E-state index contributed by atoms with van der Waals surface area (Å²) in [6.45, 7) is 0. The maximum absolute atomic E-state index is 12.6. The van der Waals surface area contributed by atoms with Gasteiger partial charge in [-0.1, -0.05) is 17.7 Å². The minimum absolute atomic E-state index is 0.0194. The lowest BCUT2D eigenvalue weighted by molar-refractivity contribution is -0.137. The molecule has 0 saturated heterocycles. The first-order valence-corrected chi connectivity index (χ1v) is 6.20. The van der Waals surface area contributed by atoms with Crippen molar-refractivity contribution < 1.29 is 18.4 Å². The average Bonchev–Trinajstić information content (AvgIpc) is 2.45. The van der Waals surface area contributed by atoms with E-state index in [9.17, 15) is 13.2 Å². The van der Waals surface area contributed by atoms with Gasteiger partial charge in [0, 0.05) is 10.6 Å². The molecule has 0 heterocycles. The van der Waals surface area contributed by atoms with Gasteiger partial charge >= 0.3 is 6.18 Å². The van der Waals surface area contributed by atoms with E-state index in [1.165, 1.54) is 12.1 Å². The second-order valence-electron chi connectivity index (χ2n) is 4.13. The molecule has 0 aliphatic carbocycles. The summed E-state index contributed by atoms with van der Waals surface area (Å²) >= 11 is 5.74. The number of halogens is 4. The third-order valence-electron chi connectivity index (χ3n) is 2.64. The molecule has 0 amide bonds. The molecule has 0 unspecified atom stereocenters. The molecule has 2 aromatic rings. The van der Waals surface area contributed by atoms with Gasteiger partial charge in [-0.05, 0) is 42.5 Å². The molecule has 0 aromatic heterocycles. The summed E-state index contributed by atoms with van der Waals surface area (Å²) in [7, 11) is 0. The Morgan fingerprint density at radius 1 is 1.10 bits per heavy atom. The Hall–Kier alpha value is -2.05. The predicted octanol–water partition coefficient (Wildman–Crippen LogP) is 4.42. The summed E-state index contributed by atoms with van der Waals surface area (Å²) in [4.78, 5) is 3.96. The van der Waals surface area contributed by atoms with E-state index in [0.717, 1.165) is 12.1 Å². The third kappa shape index (κ3) is 3.96. The Morgan fingerprint density at radius 2 is 1.76 bits per heavy atom. The summed E-state index contributed by atoms with van der Waals surface area (Å²) in [5, 5.41) is 9.60. The van der Waals surface area contributed by atoms with Crippen LogP contribution in [0.25, 0.3) is 0 Å². The summed E-state index contributed by atoms with van der Waals surface area (Å²) in [6.07, 6.45) is -4.45. The number of hydroxylamine groups is 1. The summed E-state index contributed by atoms with van der Waals surface area (Å²) in [5.41, 5.74) is 1.61. The van der Waals surface area contributed by atoms with Crippen LogP contribution in [-0.4, -0.2) is 11.0 Å². The van der Waals surface area contributed by atoms with Crippen molar-refractivity contribution in [2.45, 2.75) is 6.18 Å². The number of alkyl halides is 3. The molecular weight excluding hydrogens is 305 g/mol. The van der Waals surface area contributed by atoms with Gasteiger partial charge in [-0.15, -0.1) is 0 Å². The molecule has 0 aliphatic heterocycles. The Morgan fingerprint density at radius 3 is 2.33 bits per heavy atom. The van der Waals surface area contributed by atoms with Crippen molar-refractivity contribution in [1.82, 2.24) is 5.48 Å². The maximum Gasteiger partial charge on any atom is 0.416 e. The molecule has 0 saturated carbocycles. The van der Waals surface area contributed by atoms with E-state index >= 15 is 0 Å². The van der Waals surface area contributed by atoms with Crippen molar-refractivity contribution in [2.24, 2.45) is 4.99 Å². The quantitative estimate of drug-likeness (QED) is 0.490. The second kappa shape index (κ2) is 6.15. The molecule has 7 heteroatoms. The number of amidine groups is 1. The SMILES string of the molecule is ONC(=Nc1cccc(C(F)(F)F)c1)c1ccc(Cl)cc1. The van der Waals surface area contributed by atoms with Crippen LogP contribution in [0.5, 0.6) is 0 Å². The predicted molar refractivity (Wildman–Crippen MR) is 74.0 cm³/mol. The lowest BCUT2D eigenvalue weighted by atomic mass is 10.2. The first-order valence-electron chi connectivity index (χ1n) is 5.82. The fourth-order valence-corrected chi connectivity index (χ4v) is 1.77. The fraction of sp³-hybridized carbons (Fsp3) is 0.0714. The van der Waals surface area contributed by atoms with Crippen LogP contribution in [0.4, 0.5) is 18.9 Å². The van der Waals surface area contributed by atoms with Crippen LogP contribution in [-0.2, 0) is 6.18 Å². The van der Waals surface area contributed by atoms with Crippen LogP contribution in [0.15, 0.2) is 53.5 Å². The molecule has 3 nitrogen and oxygen atoms in total. The van der Waals surface area contributed by atoms with Crippen molar-refractivity contribution in [3.63, 3.8) is 0 Å². The summed E-state index contributed by atoms with van der Waals surface area (Å²) < 4.78 is 37.9. The van der Waals surface area contributed by atoms with E-state index in [-0.39, 0.29) is 11.5 Å². The maximum atomic E-state index is 12.6. The molecule has 0 spiro atoms. The smallest absolute Gasteiger partial charge is 0.290 e. The van der Waals surface area contributed by atoms with Crippen molar-refractivity contribution in [3.8, 4) is 0 Å². The number of nitrogens with zero attached hydrogens (tertiary/aromatic N) is 1. The molecule has 0 atom stereocenters. The third-order valence-corrected chi connectivity index (χ3v) is 2.89. The molecule has 110 valence electrons. The van der Waals surface area contributed by atoms with Crippen LogP contribution in [0.1, 0.15) is 11.1 Å². The van der Waals surface area contributed by atoms with Crippen molar-refractivity contribution in [3.05, 3.63) is 64.7 Å². The molecule has 2 N–H and O–H groups in total. The van der Waals surface area contributed by atoms with Gasteiger partial charge in [0.25, 0.3) is 0 Å². The number of nitrogens with one attached hydrogen (secondary N) is 1. The van der Waals surface area contributed by atoms with Gasteiger partial charge in [0.15, 0.2) is 5.84 Å². The van der Waals surface area contributed by atoms with Gasteiger partial charge in [0.05, 0.1) is 11.3 Å². The monoisotopic (exact) mass is 314 g/mol. The minimum atomic E-state index is -4.45. The minimum Gasteiger partial charge on any atom is -0.290 e. The largest absolute Gasteiger partial charge is 0.416 e. The highest BCUT2D eigenvalue weighted by molar-refractivity contribution is 6.30. The lowest BCUT2D eigenvalue weighted by Gasteiger charge is -2.08. The van der Waals surface area contributed by atoms with E-state index in [4.69, 9.17) is 16.8 Å². The first kappa shape index (κ1) is 15.3. The van der Waals surface area contributed by atoms with Gasteiger partial charge < -0.3 is 0 Å². The molecule has 2 rings (SSSR count). The van der Waals surface area contributed by atoms with E-state index in [0.29, 0.717) is 10.6 Å². The normalized spacial score (nSPS) is 12.3. The molecule has 0 aliphatic rings. The van der Waals surface area contributed by atoms with Gasteiger partial charge in [-0.2, -0.15) is 13.2 Å². The zero-order chi connectivity index (χ0) is 15.5. The highest BCUT2D eigenvalue weighted by atomic mass is 35.5. The Kier molecular flexibility index (Phi) is 4.50. The van der Waals surface area contributed by atoms with Gasteiger partial charge in [-0.3, -0.25) is 10.7 Å². The van der Waals surface area contributed by atoms with Crippen molar-refractivity contribution >= 4 is 23.1 Å². The number of benzene rings is 2. The molecule has 2 aromatic carbocycles. The zero-order valence-electron chi connectivity index (χ0n) is 10.5. The number of aliphatic imine (C=N–C) groups is 1. The van der Waals surface area contributed by atoms with Crippen LogP contribution in [0, 0.1) is 0 Å². The number of hydrogen-bond acceptors (Lipinski definition) is 2. The Balaban J connectivity index is 2.38. The number of hydrogen-bond donors (Lipinski definition) is 2. The Labute approximate surface area is 123 Å². The van der Waals surface area contributed by atoms with Crippen molar-refractivity contribution in [1.29, 1.82) is 0 Å². The topological polar surface area (TPSA) is 44.6 Å². The van der Waals surface area contributed by atoms with Crippen LogP contribution < -0.4 is 5.48 Å². The van der Waals surface area contributed by atoms with Crippen LogP contribution in [0.3, 0.4) is 0 Å². The Bertz CT molecular complexity index is 654. The van der Waals surface area contributed by atoms with Crippen molar-refractivity contribution in [2.75, 3.05) is 0 Å². The van der Waals surface area contributed by atoms with Gasteiger partial charge in [-0.25, -0.2) is 4.99 Å². The van der Waals surface area contributed by atoms with Gasteiger partial charge in [0.1, 0.15) is 0 Å². The number of rotatable bonds is 2. The van der Waals surface area contributed by atoms with Crippen LogP contribution >= 0.6 is 11.6 Å². The molecule has 0 radical (unpaired) electrons. The highest BCUT2D eigenvalue weighted by Gasteiger charge is 2.30. The zero-order valence-corrected chi connectivity index (χ0v) is 11.3.